The molecule has 0 aliphatic rings. The van der Waals surface area contributed by atoms with E-state index in [1.807, 2.05) is 0 Å². The summed E-state index contributed by atoms with van der Waals surface area (Å²) in [5, 5.41) is 7.89. The first-order valence-corrected chi connectivity index (χ1v) is 3.28. The quantitative estimate of drug-likeness (QED) is 0.410. The fraction of sp³-hybridized carbons (Fsp3) is 0.111. The zero-order chi connectivity index (χ0) is 10.9. The van der Waals surface area contributed by atoms with Gasteiger partial charge in [0.05, 0.1) is 6.26 Å². The average molecular weight is 184 g/mol. The molecule has 0 spiro atoms. The van der Waals surface area contributed by atoms with Crippen molar-refractivity contribution in [2.45, 2.75) is 6.92 Å². The Hall–Kier alpha value is -1.84. The number of ether oxygens (including phenoxy) is 1. The number of carboxylic acid groups (broad SMARTS) is 1. The van der Waals surface area contributed by atoms with Crippen molar-refractivity contribution >= 4 is 11.9 Å². The monoisotopic (exact) mass is 184 g/mol. The summed E-state index contributed by atoms with van der Waals surface area (Å²) >= 11 is 0. The van der Waals surface area contributed by atoms with E-state index < -0.39 is 11.9 Å². The molecule has 0 aliphatic carbocycles. The highest BCUT2D eigenvalue weighted by Crippen LogP contribution is 1.81. The van der Waals surface area contributed by atoms with E-state index in [1.165, 1.54) is 6.92 Å². The van der Waals surface area contributed by atoms with Crippen LogP contribution >= 0.6 is 0 Å². The van der Waals surface area contributed by atoms with Gasteiger partial charge in [-0.05, 0) is 6.92 Å². The summed E-state index contributed by atoms with van der Waals surface area (Å²) in [5.41, 5.74) is 0.176. The van der Waals surface area contributed by atoms with Crippen LogP contribution in [0, 0.1) is 0 Å². The summed E-state index contributed by atoms with van der Waals surface area (Å²) in [6.45, 7) is 10.9. The Morgan fingerprint density at radius 3 is 1.85 bits per heavy atom. The molecular formula is C9H12O4. The van der Waals surface area contributed by atoms with E-state index in [-0.39, 0.29) is 5.57 Å². The maximum absolute atomic E-state index is 10.0. The minimum atomic E-state index is -0.935. The largest absolute Gasteiger partial charge is 0.478 e. The molecule has 0 atom stereocenters. The lowest BCUT2D eigenvalue weighted by Gasteiger charge is -1.85. The predicted octanol–water partition coefficient (Wildman–Crippen LogP) is 1.51. The molecule has 0 radical (unpaired) electrons. The fourth-order valence-corrected chi connectivity index (χ4v) is 0.130. The lowest BCUT2D eigenvalue weighted by Crippen LogP contribution is -1.92. The molecule has 0 saturated heterocycles. The number of hydrogen-bond acceptors (Lipinski definition) is 3. The smallest absolute Gasteiger partial charge is 0.334 e. The van der Waals surface area contributed by atoms with Crippen LogP contribution in [0.25, 0.3) is 0 Å². The molecule has 0 rings (SSSR count). The van der Waals surface area contributed by atoms with E-state index >= 15 is 0 Å². The summed E-state index contributed by atoms with van der Waals surface area (Å²) in [5.74, 6) is -1.41. The Balaban J connectivity index is 0. The summed E-state index contributed by atoms with van der Waals surface area (Å²) in [6.07, 6.45) is 2.13. The van der Waals surface area contributed by atoms with Gasteiger partial charge in [0.2, 0.25) is 0 Å². The van der Waals surface area contributed by atoms with Crippen LogP contribution in [0.3, 0.4) is 0 Å². The summed E-state index contributed by atoms with van der Waals surface area (Å²) in [6, 6.07) is 0. The molecule has 72 valence electrons. The standard InChI is InChI=1S/C5H6O2.C4H6O2/c1-3-5(6)7-4-2;1-3(2)4(5)6/h3-4H,1-2H2;1H2,2H3,(H,5,6). The third-order valence-corrected chi connectivity index (χ3v) is 0.731. The molecule has 0 fully saturated rings. The maximum atomic E-state index is 10.0. The molecule has 0 saturated carbocycles. The molecule has 0 heterocycles. The number of carbonyl (C=O) groups is 2. The van der Waals surface area contributed by atoms with Crippen LogP contribution in [0.2, 0.25) is 0 Å². The predicted molar refractivity (Wildman–Crippen MR) is 48.9 cm³/mol. The molecule has 0 bridgehead atoms. The van der Waals surface area contributed by atoms with Crippen LogP contribution in [0.5, 0.6) is 0 Å². The van der Waals surface area contributed by atoms with Crippen molar-refractivity contribution in [3.8, 4) is 0 Å². The van der Waals surface area contributed by atoms with Crippen molar-refractivity contribution in [2.75, 3.05) is 0 Å². The Kier molecular flexibility index (Phi) is 8.72. The van der Waals surface area contributed by atoms with Crippen LogP contribution in [0.4, 0.5) is 0 Å². The average Bonchev–Trinajstić information content (AvgIpc) is 2.05. The van der Waals surface area contributed by atoms with Gasteiger partial charge in [-0.2, -0.15) is 0 Å². The Morgan fingerprint density at radius 1 is 1.38 bits per heavy atom. The van der Waals surface area contributed by atoms with Crippen molar-refractivity contribution in [1.29, 1.82) is 0 Å². The molecule has 4 heteroatoms. The van der Waals surface area contributed by atoms with Crippen molar-refractivity contribution in [3.05, 3.63) is 37.6 Å². The van der Waals surface area contributed by atoms with Gasteiger partial charge in [-0.1, -0.05) is 19.7 Å². The second-order valence-corrected chi connectivity index (χ2v) is 1.89. The van der Waals surface area contributed by atoms with Gasteiger partial charge in [0.15, 0.2) is 0 Å². The van der Waals surface area contributed by atoms with Gasteiger partial charge in [-0.3, -0.25) is 0 Å². The lowest BCUT2D eigenvalue weighted by atomic mass is 10.4. The van der Waals surface area contributed by atoms with Gasteiger partial charge in [0.1, 0.15) is 0 Å². The second-order valence-electron chi connectivity index (χ2n) is 1.89. The molecule has 0 aliphatic heterocycles. The summed E-state index contributed by atoms with van der Waals surface area (Å²) in [7, 11) is 0. The van der Waals surface area contributed by atoms with E-state index in [9.17, 15) is 9.59 Å². The molecule has 4 nitrogen and oxygen atoms in total. The van der Waals surface area contributed by atoms with Gasteiger partial charge in [0.25, 0.3) is 0 Å². The molecule has 0 unspecified atom stereocenters. The number of aliphatic carboxylic acids is 1. The van der Waals surface area contributed by atoms with E-state index in [4.69, 9.17) is 5.11 Å². The molecular weight excluding hydrogens is 172 g/mol. The van der Waals surface area contributed by atoms with Gasteiger partial charge in [0, 0.05) is 11.6 Å². The van der Waals surface area contributed by atoms with E-state index in [0.717, 1.165) is 12.3 Å². The Labute approximate surface area is 76.8 Å². The van der Waals surface area contributed by atoms with Crippen LogP contribution in [-0.4, -0.2) is 17.0 Å². The topological polar surface area (TPSA) is 63.6 Å². The first-order valence-electron chi connectivity index (χ1n) is 3.28. The summed E-state index contributed by atoms with van der Waals surface area (Å²) in [4.78, 5) is 19.6. The van der Waals surface area contributed by atoms with E-state index in [2.05, 4.69) is 24.5 Å². The number of esters is 1. The molecule has 0 aromatic heterocycles. The van der Waals surface area contributed by atoms with E-state index in [0.29, 0.717) is 0 Å². The third kappa shape index (κ3) is 13.2. The first kappa shape index (κ1) is 13.7. The van der Waals surface area contributed by atoms with Gasteiger partial charge in [-0.15, -0.1) is 0 Å². The van der Waals surface area contributed by atoms with Crippen molar-refractivity contribution < 1.29 is 19.4 Å². The molecule has 0 aromatic rings. The molecule has 0 amide bonds. The van der Waals surface area contributed by atoms with Gasteiger partial charge >= 0.3 is 11.9 Å². The first-order chi connectivity index (χ1) is 5.95. The van der Waals surface area contributed by atoms with Crippen molar-refractivity contribution in [2.24, 2.45) is 0 Å². The zero-order valence-electron chi connectivity index (χ0n) is 7.45. The maximum Gasteiger partial charge on any atom is 0.334 e. The minimum Gasteiger partial charge on any atom is -0.478 e. The summed E-state index contributed by atoms with van der Waals surface area (Å²) < 4.78 is 4.20. The molecule has 0 aromatic carbocycles. The van der Waals surface area contributed by atoms with Crippen LogP contribution < -0.4 is 0 Å². The van der Waals surface area contributed by atoms with E-state index in [1.54, 1.807) is 0 Å². The highest BCUT2D eigenvalue weighted by molar-refractivity contribution is 5.84. The fourth-order valence-electron chi connectivity index (χ4n) is 0.130. The zero-order valence-corrected chi connectivity index (χ0v) is 7.45. The normalized spacial score (nSPS) is 7.15. The minimum absolute atomic E-state index is 0.176. The number of hydrogen-bond donors (Lipinski definition) is 1. The van der Waals surface area contributed by atoms with Gasteiger partial charge in [-0.25, -0.2) is 9.59 Å². The molecule has 1 N–H and O–H groups in total. The van der Waals surface area contributed by atoms with Crippen molar-refractivity contribution in [3.63, 3.8) is 0 Å². The second kappa shape index (κ2) is 8.26. The lowest BCUT2D eigenvalue weighted by molar-refractivity contribution is -0.133. The highest BCUT2D eigenvalue weighted by atomic mass is 16.5. The SMILES string of the molecule is C=C(C)C(=O)O.C=COC(=O)C=C. The third-order valence-electron chi connectivity index (χ3n) is 0.731. The Morgan fingerprint density at radius 2 is 1.77 bits per heavy atom. The van der Waals surface area contributed by atoms with Gasteiger partial charge < -0.3 is 9.84 Å². The number of carbonyl (C=O) groups excluding carboxylic acids is 1. The van der Waals surface area contributed by atoms with Crippen LogP contribution in [0.1, 0.15) is 6.92 Å². The number of rotatable bonds is 3. The van der Waals surface area contributed by atoms with Crippen LogP contribution in [0.15, 0.2) is 37.6 Å². The highest BCUT2D eigenvalue weighted by Gasteiger charge is 1.90. The van der Waals surface area contributed by atoms with Crippen LogP contribution in [-0.2, 0) is 14.3 Å². The Bertz CT molecular complexity index is 216. The number of carboxylic acids is 1. The van der Waals surface area contributed by atoms with Crippen molar-refractivity contribution in [1.82, 2.24) is 0 Å². The molecule has 13 heavy (non-hydrogen) atoms.